The van der Waals surface area contributed by atoms with Crippen molar-refractivity contribution < 1.29 is 22.7 Å². The number of carbonyl (C=O) groups excluding carboxylic acids is 2. The number of sulfonamides is 1. The molecule has 0 saturated carbocycles. The minimum absolute atomic E-state index is 0.000801. The van der Waals surface area contributed by atoms with E-state index in [9.17, 15) is 18.0 Å². The van der Waals surface area contributed by atoms with Crippen LogP contribution >= 0.6 is 11.3 Å². The number of thiophene rings is 1. The molecule has 3 rings (SSSR count). The highest BCUT2D eigenvalue weighted by Crippen LogP contribution is 2.20. The molecular formula is C19H23N3O5S2. The van der Waals surface area contributed by atoms with Gasteiger partial charge in [0.05, 0.1) is 24.6 Å². The number of hydrogen-bond acceptors (Lipinski definition) is 6. The van der Waals surface area contributed by atoms with Crippen molar-refractivity contribution in [2.24, 2.45) is 0 Å². The Morgan fingerprint density at radius 2 is 2.14 bits per heavy atom. The van der Waals surface area contributed by atoms with Crippen LogP contribution in [-0.2, 0) is 26.1 Å². The van der Waals surface area contributed by atoms with Crippen LogP contribution in [-0.4, -0.2) is 69.3 Å². The van der Waals surface area contributed by atoms with E-state index in [1.54, 1.807) is 35.5 Å². The third kappa shape index (κ3) is 5.21. The molecule has 10 heteroatoms. The topological polar surface area (TPSA) is 96.0 Å². The summed E-state index contributed by atoms with van der Waals surface area (Å²) in [6.45, 7) is 1.42. The van der Waals surface area contributed by atoms with Crippen molar-refractivity contribution in [3.8, 4) is 0 Å². The number of hydrogen-bond donors (Lipinski definition) is 1. The van der Waals surface area contributed by atoms with E-state index in [2.05, 4.69) is 5.32 Å². The Morgan fingerprint density at radius 3 is 2.83 bits per heavy atom. The zero-order chi connectivity index (χ0) is 20.9. The summed E-state index contributed by atoms with van der Waals surface area (Å²) in [5, 5.41) is 4.54. The molecule has 1 fully saturated rings. The van der Waals surface area contributed by atoms with Crippen LogP contribution in [0.4, 0.5) is 0 Å². The number of piperazine rings is 1. The largest absolute Gasteiger partial charge is 0.383 e. The number of rotatable bonds is 8. The first-order valence-corrected chi connectivity index (χ1v) is 11.4. The second kappa shape index (κ2) is 9.49. The van der Waals surface area contributed by atoms with E-state index in [0.717, 1.165) is 9.18 Å². The molecule has 0 atom stereocenters. The Hall–Kier alpha value is -2.27. The zero-order valence-electron chi connectivity index (χ0n) is 16.0. The lowest BCUT2D eigenvalue weighted by atomic mass is 10.2. The van der Waals surface area contributed by atoms with Gasteiger partial charge in [-0.05, 0) is 29.6 Å². The molecular weight excluding hydrogens is 414 g/mol. The average molecular weight is 438 g/mol. The molecule has 1 aromatic carbocycles. The molecule has 1 aliphatic heterocycles. The Kier molecular flexibility index (Phi) is 7.01. The molecule has 1 aromatic heterocycles. The van der Waals surface area contributed by atoms with Gasteiger partial charge < -0.3 is 15.0 Å². The minimum Gasteiger partial charge on any atom is -0.383 e. The predicted octanol–water partition coefficient (Wildman–Crippen LogP) is 1.16. The Bertz CT molecular complexity index is 960. The Labute approximate surface area is 174 Å². The SMILES string of the molecule is COCCN(Cc1cccs1)C(=O)c1cccc(S(=O)(=O)N2CCNC(=O)C2)c1. The highest BCUT2D eigenvalue weighted by atomic mass is 32.2. The van der Waals surface area contributed by atoms with Gasteiger partial charge in [0.1, 0.15) is 0 Å². The van der Waals surface area contributed by atoms with Crippen molar-refractivity contribution in [2.75, 3.05) is 39.9 Å². The number of carbonyl (C=O) groups is 2. The second-order valence-corrected chi connectivity index (χ2v) is 9.49. The van der Waals surface area contributed by atoms with Gasteiger partial charge in [-0.1, -0.05) is 12.1 Å². The summed E-state index contributed by atoms with van der Waals surface area (Å²) in [5.41, 5.74) is 0.278. The quantitative estimate of drug-likeness (QED) is 0.669. The summed E-state index contributed by atoms with van der Waals surface area (Å²) in [5.74, 6) is -0.613. The smallest absolute Gasteiger partial charge is 0.254 e. The van der Waals surface area contributed by atoms with Crippen LogP contribution in [0.2, 0.25) is 0 Å². The second-order valence-electron chi connectivity index (χ2n) is 6.52. The van der Waals surface area contributed by atoms with E-state index < -0.39 is 10.0 Å². The van der Waals surface area contributed by atoms with Gasteiger partial charge in [-0.3, -0.25) is 9.59 Å². The maximum Gasteiger partial charge on any atom is 0.254 e. The fourth-order valence-corrected chi connectivity index (χ4v) is 5.15. The predicted molar refractivity (Wildman–Crippen MR) is 109 cm³/mol. The highest BCUT2D eigenvalue weighted by Gasteiger charge is 2.30. The lowest BCUT2D eigenvalue weighted by molar-refractivity contribution is -0.122. The lowest BCUT2D eigenvalue weighted by Gasteiger charge is -2.26. The molecule has 0 bridgehead atoms. The van der Waals surface area contributed by atoms with Crippen LogP contribution in [0.5, 0.6) is 0 Å². The van der Waals surface area contributed by atoms with Crippen LogP contribution in [0.15, 0.2) is 46.7 Å². The van der Waals surface area contributed by atoms with Gasteiger partial charge in [0.2, 0.25) is 15.9 Å². The van der Waals surface area contributed by atoms with Crippen LogP contribution < -0.4 is 5.32 Å². The molecule has 0 unspecified atom stereocenters. The maximum atomic E-state index is 13.1. The number of nitrogens with zero attached hydrogens (tertiary/aromatic N) is 2. The normalized spacial score (nSPS) is 15.1. The average Bonchev–Trinajstić information content (AvgIpc) is 3.24. The minimum atomic E-state index is -3.86. The van der Waals surface area contributed by atoms with Crippen LogP contribution in [0.1, 0.15) is 15.2 Å². The van der Waals surface area contributed by atoms with E-state index >= 15 is 0 Å². The molecule has 1 saturated heterocycles. The van der Waals surface area contributed by atoms with Crippen LogP contribution in [0.25, 0.3) is 0 Å². The van der Waals surface area contributed by atoms with Gasteiger partial charge in [-0.2, -0.15) is 4.31 Å². The third-order valence-electron chi connectivity index (χ3n) is 4.50. The van der Waals surface area contributed by atoms with Crippen LogP contribution in [0.3, 0.4) is 0 Å². The van der Waals surface area contributed by atoms with Gasteiger partial charge >= 0.3 is 0 Å². The molecule has 0 radical (unpaired) electrons. The first-order valence-electron chi connectivity index (χ1n) is 9.09. The molecule has 2 aromatic rings. The number of methoxy groups -OCH3 is 1. The van der Waals surface area contributed by atoms with E-state index in [1.807, 2.05) is 17.5 Å². The summed E-state index contributed by atoms with van der Waals surface area (Å²) in [6, 6.07) is 9.82. The number of benzene rings is 1. The van der Waals surface area contributed by atoms with E-state index in [1.165, 1.54) is 12.1 Å². The monoisotopic (exact) mass is 437 g/mol. The van der Waals surface area contributed by atoms with Crippen molar-refractivity contribution in [1.82, 2.24) is 14.5 Å². The van der Waals surface area contributed by atoms with Gasteiger partial charge in [-0.15, -0.1) is 11.3 Å². The highest BCUT2D eigenvalue weighted by molar-refractivity contribution is 7.89. The van der Waals surface area contributed by atoms with Gasteiger partial charge in [0.25, 0.3) is 5.91 Å². The number of ether oxygens (including phenoxy) is 1. The molecule has 2 amide bonds. The van der Waals surface area contributed by atoms with Crippen molar-refractivity contribution in [2.45, 2.75) is 11.4 Å². The molecule has 1 aliphatic rings. The fourth-order valence-electron chi connectivity index (χ4n) is 2.99. The maximum absolute atomic E-state index is 13.1. The van der Waals surface area contributed by atoms with Crippen molar-refractivity contribution in [1.29, 1.82) is 0 Å². The molecule has 0 aliphatic carbocycles. The van der Waals surface area contributed by atoms with E-state index in [-0.39, 0.29) is 41.9 Å². The van der Waals surface area contributed by atoms with E-state index in [4.69, 9.17) is 4.74 Å². The molecule has 29 heavy (non-hydrogen) atoms. The first kappa shape index (κ1) is 21.4. The molecule has 8 nitrogen and oxygen atoms in total. The van der Waals surface area contributed by atoms with Crippen molar-refractivity contribution >= 4 is 33.2 Å². The van der Waals surface area contributed by atoms with Crippen LogP contribution in [0, 0.1) is 0 Å². The fraction of sp³-hybridized carbons (Fsp3) is 0.368. The Balaban J connectivity index is 1.84. The summed E-state index contributed by atoms with van der Waals surface area (Å²) in [6.07, 6.45) is 0. The molecule has 2 heterocycles. The van der Waals surface area contributed by atoms with Gasteiger partial charge in [0, 0.05) is 37.2 Å². The first-order chi connectivity index (χ1) is 13.9. The number of amides is 2. The summed E-state index contributed by atoms with van der Waals surface area (Å²) in [7, 11) is -2.30. The number of nitrogens with one attached hydrogen (secondary N) is 1. The lowest BCUT2D eigenvalue weighted by Crippen LogP contribution is -2.49. The summed E-state index contributed by atoms with van der Waals surface area (Å²) >= 11 is 1.55. The van der Waals surface area contributed by atoms with Gasteiger partial charge in [-0.25, -0.2) is 8.42 Å². The van der Waals surface area contributed by atoms with Gasteiger partial charge in [0.15, 0.2) is 0 Å². The summed E-state index contributed by atoms with van der Waals surface area (Å²) < 4.78 is 32.1. The standard InChI is InChI=1S/C19H23N3O5S2/c1-27-10-9-21(13-16-5-3-11-28-16)19(24)15-4-2-6-17(12-15)29(25,26)22-8-7-20-18(23)14-22/h2-6,11-12H,7-10,13-14H2,1H3,(H,20,23). The zero-order valence-corrected chi connectivity index (χ0v) is 17.7. The van der Waals surface area contributed by atoms with Crippen molar-refractivity contribution in [3.63, 3.8) is 0 Å². The van der Waals surface area contributed by atoms with E-state index in [0.29, 0.717) is 19.7 Å². The van der Waals surface area contributed by atoms with Crippen molar-refractivity contribution in [3.05, 3.63) is 52.2 Å². The molecule has 156 valence electrons. The Morgan fingerprint density at radius 1 is 1.31 bits per heavy atom. The molecule has 1 N–H and O–H groups in total. The third-order valence-corrected chi connectivity index (χ3v) is 7.20. The summed E-state index contributed by atoms with van der Waals surface area (Å²) in [4.78, 5) is 27.3. The molecule has 0 spiro atoms.